The van der Waals surface area contributed by atoms with Gasteiger partial charge in [-0.1, -0.05) is 0 Å². The van der Waals surface area contributed by atoms with E-state index in [1.54, 1.807) is 55.5 Å². The van der Waals surface area contributed by atoms with Gasteiger partial charge in [0.05, 0.1) is 0 Å². The molecule has 38 heavy (non-hydrogen) atoms. The van der Waals surface area contributed by atoms with Crippen molar-refractivity contribution in [3.8, 4) is 0 Å². The van der Waals surface area contributed by atoms with E-state index in [0.717, 1.165) is 31.6 Å². The number of benzene rings is 2. The maximum atomic E-state index is 12.8. The summed E-state index contributed by atoms with van der Waals surface area (Å²) < 4.78 is 3.12. The second kappa shape index (κ2) is 14.1. The van der Waals surface area contributed by atoms with Crippen LogP contribution in [-0.2, 0) is 9.59 Å². The summed E-state index contributed by atoms with van der Waals surface area (Å²) in [5, 5.41) is 8.67. The summed E-state index contributed by atoms with van der Waals surface area (Å²) in [6.07, 6.45) is 2.44. The van der Waals surface area contributed by atoms with Gasteiger partial charge in [-0.3, -0.25) is 9.59 Å². The van der Waals surface area contributed by atoms with Crippen LogP contribution in [0.5, 0.6) is 0 Å². The normalized spacial score (nSPS) is 13.8. The number of nitrogen functional groups attached to an aromatic ring is 1. The number of hydrogen-bond donors (Lipinski definition) is 6. The van der Waals surface area contributed by atoms with Crippen molar-refractivity contribution in [2.75, 3.05) is 53.8 Å². The number of nitrogens with two attached hydrogens (primary N) is 2. The molecule has 2 aromatic carbocycles. The zero-order chi connectivity index (χ0) is 27.5. The minimum Gasteiger partial charge on any atom is -0.399 e. The van der Waals surface area contributed by atoms with Gasteiger partial charge in [-0.2, -0.15) is 0 Å². The first-order chi connectivity index (χ1) is 18.3. The molecule has 0 unspecified atom stereocenters. The molecule has 0 spiro atoms. The Labute approximate surface area is 227 Å². The molecule has 12 heteroatoms. The molecule has 1 aliphatic heterocycles. The number of amides is 4. The second-order valence-corrected chi connectivity index (χ2v) is 9.56. The number of nitrogens with zero attached hydrogens (tertiary/aromatic N) is 2. The molecule has 0 aromatic heterocycles. The molecule has 0 atom stereocenters. The summed E-state index contributed by atoms with van der Waals surface area (Å²) in [4.78, 5) is 41.0. The van der Waals surface area contributed by atoms with Crippen molar-refractivity contribution in [1.29, 1.82) is 0 Å². The van der Waals surface area contributed by atoms with Gasteiger partial charge in [0.1, 0.15) is 10.7 Å². The number of carbonyl (C=O) groups excluding carboxylic acids is 3. The lowest BCUT2D eigenvalue weighted by atomic mass is 10.3. The molecule has 8 N–H and O–H groups in total. The number of rotatable bonds is 11. The van der Waals surface area contributed by atoms with Crippen molar-refractivity contribution < 1.29 is 14.4 Å². The second-order valence-electron chi connectivity index (χ2n) is 8.77. The molecule has 0 aliphatic carbocycles. The zero-order valence-electron chi connectivity index (χ0n) is 21.8. The molecule has 3 rings (SSSR count). The maximum Gasteiger partial charge on any atom is 0.319 e. The third-order valence-corrected chi connectivity index (χ3v) is 6.88. The molecule has 1 heterocycles. The Morgan fingerprint density at radius 3 is 2.13 bits per heavy atom. The van der Waals surface area contributed by atoms with Crippen LogP contribution in [0.2, 0.25) is 0 Å². The molecule has 1 aliphatic rings. The van der Waals surface area contributed by atoms with Gasteiger partial charge in [0, 0.05) is 61.3 Å². The fraction of sp³-hybridized carbons (Fsp3) is 0.346. The van der Waals surface area contributed by atoms with Crippen molar-refractivity contribution in [2.24, 2.45) is 5.73 Å². The number of likely N-dealkylation sites (tertiary alicyclic amines) is 1. The molecular weight excluding hydrogens is 504 g/mol. The highest BCUT2D eigenvalue weighted by Crippen LogP contribution is 2.26. The molecule has 204 valence electrons. The molecule has 0 bridgehead atoms. The lowest BCUT2D eigenvalue weighted by Gasteiger charge is -2.24. The first-order valence-corrected chi connectivity index (χ1v) is 13.3. The lowest BCUT2D eigenvalue weighted by Crippen LogP contribution is -2.35. The Kier molecular flexibility index (Phi) is 10.7. The molecular formula is C26H36N8O3S. The summed E-state index contributed by atoms with van der Waals surface area (Å²) in [5.74, 6) is -0.801. The summed E-state index contributed by atoms with van der Waals surface area (Å²) in [7, 11) is 0. The van der Waals surface area contributed by atoms with Crippen LogP contribution >= 0.6 is 11.9 Å². The third-order valence-electron chi connectivity index (χ3n) is 5.91. The topological polar surface area (TPSA) is 158 Å². The van der Waals surface area contributed by atoms with Gasteiger partial charge >= 0.3 is 6.03 Å². The fourth-order valence-corrected chi connectivity index (χ4v) is 4.79. The van der Waals surface area contributed by atoms with E-state index in [-0.39, 0.29) is 22.7 Å². The average molecular weight is 541 g/mol. The van der Waals surface area contributed by atoms with E-state index >= 15 is 0 Å². The van der Waals surface area contributed by atoms with E-state index in [1.165, 1.54) is 24.7 Å². The smallest absolute Gasteiger partial charge is 0.319 e. The average Bonchev–Trinajstić information content (AvgIpc) is 3.41. The van der Waals surface area contributed by atoms with E-state index in [0.29, 0.717) is 35.8 Å². The van der Waals surface area contributed by atoms with E-state index in [1.807, 2.05) is 0 Å². The highest BCUT2D eigenvalue weighted by atomic mass is 32.2. The standard InChI is InChI=1S/C26H36N8O3S/c1-3-34(18(2)35)25(23(28)24(36)30-20-8-6-19(27)7-9-20)38-32-22-12-10-21(11-13-22)31-26(37)29-14-17-33-15-4-5-16-33/h6-13,32H,3-5,14-17,27-28H2,1-2H3,(H,30,36)(H2,29,31,37)/b25-23+. The van der Waals surface area contributed by atoms with E-state index in [4.69, 9.17) is 11.5 Å². The molecule has 2 aromatic rings. The van der Waals surface area contributed by atoms with Gasteiger partial charge in [-0.05, 0) is 81.4 Å². The molecule has 4 amide bonds. The molecule has 0 saturated carbocycles. The number of anilines is 4. The first kappa shape index (κ1) is 28.7. The summed E-state index contributed by atoms with van der Waals surface area (Å²) in [6.45, 7) is 7.15. The highest BCUT2D eigenvalue weighted by Gasteiger charge is 2.21. The van der Waals surface area contributed by atoms with Crippen LogP contribution in [0, 0.1) is 0 Å². The lowest BCUT2D eigenvalue weighted by molar-refractivity contribution is -0.126. The van der Waals surface area contributed by atoms with E-state index in [9.17, 15) is 14.4 Å². The molecule has 1 saturated heterocycles. The predicted octanol–water partition coefficient (Wildman–Crippen LogP) is 3.18. The van der Waals surface area contributed by atoms with Crippen LogP contribution in [0.1, 0.15) is 26.7 Å². The molecule has 1 fully saturated rings. The largest absolute Gasteiger partial charge is 0.399 e. The zero-order valence-corrected chi connectivity index (χ0v) is 22.6. The minimum absolute atomic E-state index is 0.111. The highest BCUT2D eigenvalue weighted by molar-refractivity contribution is 8.04. The Balaban J connectivity index is 1.60. The van der Waals surface area contributed by atoms with Crippen LogP contribution in [-0.4, -0.2) is 60.4 Å². The van der Waals surface area contributed by atoms with Crippen LogP contribution in [0.3, 0.4) is 0 Å². The van der Waals surface area contributed by atoms with Crippen molar-refractivity contribution in [1.82, 2.24) is 15.1 Å². The number of carbonyl (C=O) groups is 3. The van der Waals surface area contributed by atoms with Crippen molar-refractivity contribution >= 4 is 52.5 Å². The quantitative estimate of drug-likeness (QED) is 0.144. The monoisotopic (exact) mass is 540 g/mol. The number of nitrogens with one attached hydrogen (secondary N) is 4. The van der Waals surface area contributed by atoms with Crippen molar-refractivity contribution in [3.63, 3.8) is 0 Å². The Hall–Kier alpha value is -3.90. The summed E-state index contributed by atoms with van der Waals surface area (Å²) in [5.41, 5.74) is 14.2. The first-order valence-electron chi connectivity index (χ1n) is 12.5. The van der Waals surface area contributed by atoms with Gasteiger partial charge in [0.25, 0.3) is 5.91 Å². The third kappa shape index (κ3) is 8.60. The number of hydrogen-bond acceptors (Lipinski definition) is 8. The minimum atomic E-state index is -0.547. The molecule has 11 nitrogen and oxygen atoms in total. The predicted molar refractivity (Wildman–Crippen MR) is 154 cm³/mol. The maximum absolute atomic E-state index is 12.8. The van der Waals surface area contributed by atoms with Gasteiger partial charge in [-0.25, -0.2) is 4.79 Å². The van der Waals surface area contributed by atoms with Crippen LogP contribution in [0.15, 0.2) is 59.3 Å². The summed E-state index contributed by atoms with van der Waals surface area (Å²) in [6, 6.07) is 13.5. The van der Waals surface area contributed by atoms with E-state index < -0.39 is 5.91 Å². The fourth-order valence-electron chi connectivity index (χ4n) is 3.86. The van der Waals surface area contributed by atoms with Gasteiger partial charge < -0.3 is 41.9 Å². The Bertz CT molecular complexity index is 1130. The van der Waals surface area contributed by atoms with Crippen molar-refractivity contribution in [2.45, 2.75) is 26.7 Å². The Morgan fingerprint density at radius 2 is 1.53 bits per heavy atom. The summed E-state index contributed by atoms with van der Waals surface area (Å²) >= 11 is 1.05. The number of urea groups is 1. The van der Waals surface area contributed by atoms with Gasteiger partial charge in [-0.15, -0.1) is 0 Å². The van der Waals surface area contributed by atoms with Crippen LogP contribution < -0.4 is 32.1 Å². The van der Waals surface area contributed by atoms with E-state index in [2.05, 4.69) is 25.6 Å². The van der Waals surface area contributed by atoms with Gasteiger partial charge in [0.2, 0.25) is 5.91 Å². The van der Waals surface area contributed by atoms with Crippen LogP contribution in [0.25, 0.3) is 0 Å². The Morgan fingerprint density at radius 1 is 0.947 bits per heavy atom. The van der Waals surface area contributed by atoms with Gasteiger partial charge in [0.15, 0.2) is 0 Å². The SMILES string of the molecule is CCN(C(C)=O)/C(SNc1ccc(NC(=O)NCCN2CCCC2)cc1)=C(\N)C(=O)Nc1ccc(N)cc1. The van der Waals surface area contributed by atoms with Crippen LogP contribution in [0.4, 0.5) is 27.5 Å². The van der Waals surface area contributed by atoms with Crippen molar-refractivity contribution in [3.05, 3.63) is 59.3 Å². The molecule has 0 radical (unpaired) electrons.